The molecule has 0 saturated carbocycles. The van der Waals surface area contributed by atoms with Gasteiger partial charge in [0.1, 0.15) is 11.6 Å². The van der Waals surface area contributed by atoms with Crippen LogP contribution >= 0.6 is 11.3 Å². The summed E-state index contributed by atoms with van der Waals surface area (Å²) in [6, 6.07) is 24.4. The Balaban J connectivity index is 1.42. The molecule has 2 N–H and O–H groups in total. The van der Waals surface area contributed by atoms with Gasteiger partial charge in [-0.2, -0.15) is 0 Å². The molecule has 170 valence electrons. The van der Waals surface area contributed by atoms with Gasteiger partial charge in [0.25, 0.3) is 0 Å². The van der Waals surface area contributed by atoms with Crippen LogP contribution in [0.4, 0.5) is 0 Å². The van der Waals surface area contributed by atoms with Gasteiger partial charge in [-0.25, -0.2) is 9.97 Å². The van der Waals surface area contributed by atoms with Gasteiger partial charge in [0.2, 0.25) is 0 Å². The number of hydrogen-bond donors (Lipinski definition) is 2. The molecule has 0 unspecified atom stereocenters. The second kappa shape index (κ2) is 7.52. The van der Waals surface area contributed by atoms with Crippen molar-refractivity contribution in [1.82, 2.24) is 19.9 Å². The first kappa shape index (κ1) is 20.4. The molecule has 7 rings (SSSR count). The van der Waals surface area contributed by atoms with E-state index in [1.54, 1.807) is 0 Å². The largest absolute Gasteiger partial charge is 0.342 e. The first-order valence-electron chi connectivity index (χ1n) is 12.0. The van der Waals surface area contributed by atoms with Crippen molar-refractivity contribution in [2.75, 3.05) is 0 Å². The van der Waals surface area contributed by atoms with Crippen molar-refractivity contribution in [2.45, 2.75) is 26.7 Å². The maximum absolute atomic E-state index is 4.97. The van der Waals surface area contributed by atoms with Crippen LogP contribution in [0, 0.1) is 6.92 Å². The van der Waals surface area contributed by atoms with Gasteiger partial charge in [0.05, 0.1) is 22.9 Å². The number of nitrogens with one attached hydrogen (secondary N) is 2. The number of H-pyrrole nitrogens is 2. The number of aromatic amines is 2. The lowest BCUT2D eigenvalue weighted by atomic mass is 9.97. The van der Waals surface area contributed by atoms with Crippen molar-refractivity contribution in [3.05, 3.63) is 84.6 Å². The SMILES string of the molecule is Cc1ncc(-c2ccc3cc(-c4ccc5c(c4)c4ccccc4c4nc(C(C)C)[nH]c54)sc3c2)[nH]1. The molecule has 7 aromatic rings. The van der Waals surface area contributed by atoms with Crippen LogP contribution in [0.2, 0.25) is 0 Å². The lowest BCUT2D eigenvalue weighted by Gasteiger charge is -2.08. The Morgan fingerprint density at radius 3 is 2.43 bits per heavy atom. The molecule has 4 aromatic carbocycles. The minimum atomic E-state index is 0.351. The van der Waals surface area contributed by atoms with Crippen LogP contribution in [0.1, 0.15) is 31.4 Å². The van der Waals surface area contributed by atoms with E-state index in [1.165, 1.54) is 47.6 Å². The van der Waals surface area contributed by atoms with E-state index in [1.807, 2.05) is 24.5 Å². The van der Waals surface area contributed by atoms with Gasteiger partial charge in [-0.3, -0.25) is 0 Å². The van der Waals surface area contributed by atoms with Gasteiger partial charge < -0.3 is 9.97 Å². The lowest BCUT2D eigenvalue weighted by Crippen LogP contribution is -1.88. The third kappa shape index (κ3) is 3.19. The molecule has 3 heterocycles. The van der Waals surface area contributed by atoms with Crippen molar-refractivity contribution in [3.63, 3.8) is 0 Å². The molecular formula is C30H24N4S. The summed E-state index contributed by atoms with van der Waals surface area (Å²) in [4.78, 5) is 17.6. The Bertz CT molecular complexity index is 1900. The van der Waals surface area contributed by atoms with E-state index in [9.17, 15) is 0 Å². The molecule has 0 spiro atoms. The van der Waals surface area contributed by atoms with Crippen molar-refractivity contribution in [2.24, 2.45) is 0 Å². The predicted octanol–water partition coefficient (Wildman–Crippen LogP) is 8.57. The van der Waals surface area contributed by atoms with Gasteiger partial charge in [0.15, 0.2) is 0 Å². The standard InChI is InChI=1S/C30H24N4S/c1-16(2)30-33-28-22-7-5-4-6-21(22)24-12-19(10-11-23(24)29(28)34-30)27-14-20-9-8-18(13-26(20)35-27)25-15-31-17(3)32-25/h4-16H,1-3H3,(H,31,32)(H,33,34). The minimum absolute atomic E-state index is 0.351. The quantitative estimate of drug-likeness (QED) is 0.253. The van der Waals surface area contributed by atoms with Crippen molar-refractivity contribution in [3.8, 4) is 21.7 Å². The molecule has 0 saturated heterocycles. The fourth-order valence-corrected chi connectivity index (χ4v) is 6.12. The van der Waals surface area contributed by atoms with Gasteiger partial charge in [-0.05, 0) is 46.8 Å². The third-order valence-electron chi connectivity index (χ3n) is 6.85. The number of nitrogens with zero attached hydrogens (tertiary/aromatic N) is 2. The van der Waals surface area contributed by atoms with Crippen molar-refractivity contribution in [1.29, 1.82) is 0 Å². The number of aromatic nitrogens is 4. The number of fused-ring (bicyclic) bond motifs is 7. The predicted molar refractivity (Wildman–Crippen MR) is 148 cm³/mol. The van der Waals surface area contributed by atoms with E-state index < -0.39 is 0 Å². The highest BCUT2D eigenvalue weighted by Crippen LogP contribution is 2.40. The van der Waals surface area contributed by atoms with Gasteiger partial charge in [0, 0.05) is 31.8 Å². The van der Waals surface area contributed by atoms with Crippen LogP contribution < -0.4 is 0 Å². The molecule has 4 nitrogen and oxygen atoms in total. The number of imidazole rings is 2. The van der Waals surface area contributed by atoms with E-state index >= 15 is 0 Å². The van der Waals surface area contributed by atoms with Crippen molar-refractivity contribution >= 4 is 54.0 Å². The summed E-state index contributed by atoms with van der Waals surface area (Å²) >= 11 is 1.84. The molecule has 0 fully saturated rings. The summed E-state index contributed by atoms with van der Waals surface area (Å²) in [5.41, 5.74) is 5.66. The van der Waals surface area contributed by atoms with E-state index in [0.29, 0.717) is 5.92 Å². The molecule has 5 heteroatoms. The van der Waals surface area contributed by atoms with Gasteiger partial charge in [-0.1, -0.05) is 62.4 Å². The van der Waals surface area contributed by atoms with Crippen LogP contribution in [0.3, 0.4) is 0 Å². The van der Waals surface area contributed by atoms with Crippen LogP contribution in [0.25, 0.3) is 64.4 Å². The summed E-state index contributed by atoms with van der Waals surface area (Å²) in [7, 11) is 0. The highest BCUT2D eigenvalue weighted by molar-refractivity contribution is 7.22. The smallest absolute Gasteiger partial charge is 0.109 e. The Kier molecular flexibility index (Phi) is 4.39. The first-order valence-corrected chi connectivity index (χ1v) is 12.8. The zero-order valence-electron chi connectivity index (χ0n) is 19.8. The number of aryl methyl sites for hydroxylation is 1. The van der Waals surface area contributed by atoms with E-state index in [0.717, 1.165) is 28.4 Å². The Hall–Kier alpha value is -3.96. The Morgan fingerprint density at radius 1 is 0.800 bits per heavy atom. The van der Waals surface area contributed by atoms with Crippen LogP contribution in [0.15, 0.2) is 72.9 Å². The monoisotopic (exact) mass is 472 g/mol. The van der Waals surface area contributed by atoms with E-state index in [-0.39, 0.29) is 0 Å². The van der Waals surface area contributed by atoms with Gasteiger partial charge in [-0.15, -0.1) is 11.3 Å². The van der Waals surface area contributed by atoms with E-state index in [2.05, 4.69) is 95.5 Å². The summed E-state index contributed by atoms with van der Waals surface area (Å²) in [6.07, 6.45) is 1.90. The highest BCUT2D eigenvalue weighted by atomic mass is 32.1. The first-order chi connectivity index (χ1) is 17.0. The molecule has 35 heavy (non-hydrogen) atoms. The maximum Gasteiger partial charge on any atom is 0.109 e. The molecule has 0 aliphatic carbocycles. The fourth-order valence-electron chi connectivity index (χ4n) is 5.03. The molecule has 0 aliphatic rings. The molecule has 0 aliphatic heterocycles. The summed E-state index contributed by atoms with van der Waals surface area (Å²) in [5, 5.41) is 6.19. The van der Waals surface area contributed by atoms with Crippen LogP contribution in [0.5, 0.6) is 0 Å². The van der Waals surface area contributed by atoms with E-state index in [4.69, 9.17) is 4.98 Å². The number of benzene rings is 4. The lowest BCUT2D eigenvalue weighted by molar-refractivity contribution is 0.799. The average Bonchev–Trinajstić information content (AvgIpc) is 3.61. The summed E-state index contributed by atoms with van der Waals surface area (Å²) < 4.78 is 1.28. The van der Waals surface area contributed by atoms with Crippen molar-refractivity contribution < 1.29 is 0 Å². The summed E-state index contributed by atoms with van der Waals surface area (Å²) in [5.74, 6) is 2.32. The topological polar surface area (TPSA) is 57.4 Å². The van der Waals surface area contributed by atoms with Crippen LogP contribution in [-0.2, 0) is 0 Å². The number of hydrogen-bond acceptors (Lipinski definition) is 3. The highest BCUT2D eigenvalue weighted by Gasteiger charge is 2.15. The molecule has 0 amide bonds. The molecular weight excluding hydrogens is 448 g/mol. The normalized spacial score (nSPS) is 12.1. The Morgan fingerprint density at radius 2 is 1.63 bits per heavy atom. The second-order valence-corrected chi connectivity index (χ2v) is 10.6. The molecule has 0 atom stereocenters. The summed E-state index contributed by atoms with van der Waals surface area (Å²) in [6.45, 7) is 6.34. The third-order valence-corrected chi connectivity index (χ3v) is 8.00. The zero-order chi connectivity index (χ0) is 23.7. The van der Waals surface area contributed by atoms with Gasteiger partial charge >= 0.3 is 0 Å². The van der Waals surface area contributed by atoms with Crippen LogP contribution in [-0.4, -0.2) is 19.9 Å². The Labute approximate surface area is 206 Å². The molecule has 0 bridgehead atoms. The number of rotatable bonds is 3. The molecule has 0 radical (unpaired) electrons. The number of thiophene rings is 1. The average molecular weight is 473 g/mol. The minimum Gasteiger partial charge on any atom is -0.342 e. The molecule has 3 aromatic heterocycles. The zero-order valence-corrected chi connectivity index (χ0v) is 20.6. The second-order valence-electron chi connectivity index (χ2n) is 9.55. The fraction of sp³-hybridized carbons (Fsp3) is 0.133. The maximum atomic E-state index is 4.97.